The van der Waals surface area contributed by atoms with E-state index in [1.54, 1.807) is 37.3 Å². The summed E-state index contributed by atoms with van der Waals surface area (Å²) in [4.78, 5) is 0. The fourth-order valence-electron chi connectivity index (χ4n) is 3.80. The van der Waals surface area contributed by atoms with E-state index in [2.05, 4.69) is 6.92 Å². The maximum absolute atomic E-state index is 14.8. The van der Waals surface area contributed by atoms with Crippen molar-refractivity contribution in [3.63, 3.8) is 0 Å². The monoisotopic (exact) mass is 442 g/mol. The highest BCUT2D eigenvalue weighted by atomic mass is 19.2. The van der Waals surface area contributed by atoms with Gasteiger partial charge in [0.25, 0.3) is 0 Å². The molecule has 0 N–H and O–H groups in total. The fourth-order valence-corrected chi connectivity index (χ4v) is 3.80. The van der Waals surface area contributed by atoms with Gasteiger partial charge >= 0.3 is 0 Å². The summed E-state index contributed by atoms with van der Waals surface area (Å²) < 4.78 is 43.4. The van der Waals surface area contributed by atoms with Crippen molar-refractivity contribution in [2.75, 3.05) is 0 Å². The lowest BCUT2D eigenvalue weighted by Crippen LogP contribution is -1.94. The number of halogens is 3. The van der Waals surface area contributed by atoms with Crippen LogP contribution in [0.1, 0.15) is 35.6 Å². The highest BCUT2D eigenvalue weighted by Crippen LogP contribution is 2.28. The van der Waals surface area contributed by atoms with Gasteiger partial charge in [-0.2, -0.15) is 0 Å². The minimum absolute atomic E-state index is 0.184. The molecule has 0 atom stereocenters. The molecule has 0 aliphatic carbocycles. The van der Waals surface area contributed by atoms with Crippen molar-refractivity contribution in [2.45, 2.75) is 26.7 Å². The molecule has 3 heteroatoms. The second-order valence-corrected chi connectivity index (χ2v) is 8.20. The molecule has 4 aromatic carbocycles. The molecule has 0 amide bonds. The first-order valence-electron chi connectivity index (χ1n) is 11.1. The number of benzene rings is 4. The molecule has 0 spiro atoms. The Morgan fingerprint density at radius 3 is 2.00 bits per heavy atom. The van der Waals surface area contributed by atoms with E-state index in [-0.39, 0.29) is 16.9 Å². The van der Waals surface area contributed by atoms with Crippen molar-refractivity contribution in [2.24, 2.45) is 0 Å². The predicted octanol–water partition coefficient (Wildman–Crippen LogP) is 8.87. The van der Waals surface area contributed by atoms with Crippen LogP contribution in [0.15, 0.2) is 78.9 Å². The first-order chi connectivity index (χ1) is 16.0. The van der Waals surface area contributed by atoms with Gasteiger partial charge < -0.3 is 0 Å². The maximum atomic E-state index is 14.8. The Morgan fingerprint density at radius 1 is 0.667 bits per heavy atom. The molecule has 4 aromatic rings. The first kappa shape index (κ1) is 22.6. The zero-order chi connectivity index (χ0) is 23.4. The average Bonchev–Trinajstić information content (AvgIpc) is 2.83. The zero-order valence-corrected chi connectivity index (χ0v) is 18.7. The minimum Gasteiger partial charge on any atom is -0.207 e. The summed E-state index contributed by atoms with van der Waals surface area (Å²) in [7, 11) is 0. The molecule has 0 nitrogen and oxygen atoms in total. The van der Waals surface area contributed by atoms with E-state index in [9.17, 15) is 13.2 Å². The number of hydrogen-bond donors (Lipinski definition) is 0. The summed E-state index contributed by atoms with van der Waals surface area (Å²) >= 11 is 0. The summed E-state index contributed by atoms with van der Waals surface area (Å²) in [6.45, 7) is 3.83. The van der Waals surface area contributed by atoms with Crippen LogP contribution in [-0.4, -0.2) is 0 Å². The first-order valence-corrected chi connectivity index (χ1v) is 11.1. The van der Waals surface area contributed by atoms with Crippen molar-refractivity contribution in [1.82, 2.24) is 0 Å². The third kappa shape index (κ3) is 5.09. The van der Waals surface area contributed by atoms with Crippen molar-refractivity contribution >= 4 is 12.2 Å². The van der Waals surface area contributed by atoms with E-state index in [1.165, 1.54) is 11.6 Å². The Kier molecular flexibility index (Phi) is 6.79. The third-order valence-corrected chi connectivity index (χ3v) is 5.79. The van der Waals surface area contributed by atoms with Crippen molar-refractivity contribution in [3.8, 4) is 22.3 Å². The van der Waals surface area contributed by atoms with Gasteiger partial charge in [-0.3, -0.25) is 0 Å². The SMILES string of the molecule is CCCc1ccc(-c2ccc(C=Cc3ccc(-c4ccc(C)c(F)c4)cc3)c(F)c2F)cc1. The second-order valence-electron chi connectivity index (χ2n) is 8.20. The molecular weight excluding hydrogens is 417 g/mol. The molecule has 0 radical (unpaired) electrons. The number of hydrogen-bond acceptors (Lipinski definition) is 0. The standard InChI is InChI=1S/C30H25F3/c1-3-4-21-8-14-24(15-9-21)27-18-17-25(29(32)30(27)33)16-10-22-6-12-23(13-7-22)26-11-5-20(2)28(31)19-26/h5-19H,3-4H2,1-2H3. The summed E-state index contributed by atoms with van der Waals surface area (Å²) in [6, 6.07) is 23.4. The highest BCUT2D eigenvalue weighted by molar-refractivity contribution is 5.74. The molecule has 4 rings (SSSR count). The van der Waals surface area contributed by atoms with E-state index in [4.69, 9.17) is 0 Å². The Morgan fingerprint density at radius 2 is 1.33 bits per heavy atom. The molecule has 0 aliphatic heterocycles. The quantitative estimate of drug-likeness (QED) is 0.262. The molecule has 0 unspecified atom stereocenters. The molecule has 0 bridgehead atoms. The van der Waals surface area contributed by atoms with Gasteiger partial charge in [-0.15, -0.1) is 0 Å². The van der Waals surface area contributed by atoms with Gasteiger partial charge in [0.15, 0.2) is 11.6 Å². The van der Waals surface area contributed by atoms with Gasteiger partial charge in [-0.1, -0.05) is 98.3 Å². The smallest absolute Gasteiger partial charge is 0.167 e. The largest absolute Gasteiger partial charge is 0.207 e. The van der Waals surface area contributed by atoms with E-state index in [1.807, 2.05) is 54.6 Å². The Hall–Kier alpha value is -3.59. The predicted molar refractivity (Wildman–Crippen MR) is 131 cm³/mol. The van der Waals surface area contributed by atoms with Crippen molar-refractivity contribution in [1.29, 1.82) is 0 Å². The normalized spacial score (nSPS) is 11.3. The summed E-state index contributed by atoms with van der Waals surface area (Å²) in [5, 5.41) is 0. The van der Waals surface area contributed by atoms with Gasteiger partial charge in [-0.25, -0.2) is 13.2 Å². The van der Waals surface area contributed by atoms with E-state index in [0.29, 0.717) is 11.1 Å². The van der Waals surface area contributed by atoms with Gasteiger partial charge in [0.1, 0.15) is 5.82 Å². The van der Waals surface area contributed by atoms with Gasteiger partial charge in [0, 0.05) is 11.1 Å². The van der Waals surface area contributed by atoms with Crippen LogP contribution in [0.25, 0.3) is 34.4 Å². The van der Waals surface area contributed by atoms with Crippen molar-refractivity contribution in [3.05, 3.63) is 119 Å². The molecule has 0 heterocycles. The van der Waals surface area contributed by atoms with Crippen LogP contribution >= 0.6 is 0 Å². The summed E-state index contributed by atoms with van der Waals surface area (Å²) in [6.07, 6.45) is 5.30. The van der Waals surface area contributed by atoms with Crippen LogP contribution in [0.2, 0.25) is 0 Å². The van der Waals surface area contributed by atoms with E-state index >= 15 is 0 Å². The average molecular weight is 443 g/mol. The Balaban J connectivity index is 1.53. The molecular formula is C30H25F3. The van der Waals surface area contributed by atoms with Crippen LogP contribution in [0.4, 0.5) is 13.2 Å². The van der Waals surface area contributed by atoms with Crippen LogP contribution in [0.5, 0.6) is 0 Å². The lowest BCUT2D eigenvalue weighted by molar-refractivity contribution is 0.509. The maximum Gasteiger partial charge on any atom is 0.167 e. The van der Waals surface area contributed by atoms with E-state index in [0.717, 1.165) is 29.5 Å². The molecule has 166 valence electrons. The molecule has 0 fully saturated rings. The van der Waals surface area contributed by atoms with Crippen LogP contribution in [-0.2, 0) is 6.42 Å². The van der Waals surface area contributed by atoms with Gasteiger partial charge in [0.05, 0.1) is 0 Å². The third-order valence-electron chi connectivity index (χ3n) is 5.79. The van der Waals surface area contributed by atoms with Gasteiger partial charge in [-0.05, 0) is 52.8 Å². The van der Waals surface area contributed by atoms with Crippen LogP contribution in [0.3, 0.4) is 0 Å². The van der Waals surface area contributed by atoms with E-state index < -0.39 is 11.6 Å². The number of rotatable bonds is 6. The van der Waals surface area contributed by atoms with Gasteiger partial charge in [0.2, 0.25) is 0 Å². The molecule has 0 saturated heterocycles. The zero-order valence-electron chi connectivity index (χ0n) is 18.7. The molecule has 0 aromatic heterocycles. The topological polar surface area (TPSA) is 0 Å². The number of aryl methyl sites for hydroxylation is 2. The second kappa shape index (κ2) is 9.91. The fraction of sp³-hybridized carbons (Fsp3) is 0.133. The molecule has 33 heavy (non-hydrogen) atoms. The summed E-state index contributed by atoms with van der Waals surface area (Å²) in [5.41, 5.74) is 5.39. The molecule has 0 aliphatic rings. The lowest BCUT2D eigenvalue weighted by atomic mass is 9.99. The Bertz CT molecular complexity index is 1280. The minimum atomic E-state index is -0.867. The Labute approximate surface area is 193 Å². The highest BCUT2D eigenvalue weighted by Gasteiger charge is 2.13. The molecule has 0 saturated carbocycles. The summed E-state index contributed by atoms with van der Waals surface area (Å²) in [5.74, 6) is -1.96. The van der Waals surface area contributed by atoms with Crippen LogP contribution in [0, 0.1) is 24.4 Å². The van der Waals surface area contributed by atoms with Crippen molar-refractivity contribution < 1.29 is 13.2 Å². The van der Waals surface area contributed by atoms with Crippen LogP contribution < -0.4 is 0 Å². The lowest BCUT2D eigenvalue weighted by Gasteiger charge is -2.08.